The first kappa shape index (κ1) is 16.9. The Bertz CT molecular complexity index is 1130. The van der Waals surface area contributed by atoms with E-state index >= 15 is 0 Å². The van der Waals surface area contributed by atoms with Gasteiger partial charge in [0.15, 0.2) is 11.6 Å². The first-order valence-electron chi connectivity index (χ1n) is 8.51. The van der Waals surface area contributed by atoms with Gasteiger partial charge in [0.1, 0.15) is 12.1 Å². The van der Waals surface area contributed by atoms with Crippen molar-refractivity contribution in [2.24, 2.45) is 7.05 Å². The SMILES string of the molecule is CC(C)c1nc(C(=O)Nc2cc3nc(-c4cncn4C)ccc3cn2)co1. The molecule has 0 atom stereocenters. The van der Waals surface area contributed by atoms with Crippen LogP contribution >= 0.6 is 0 Å². The first-order valence-corrected chi connectivity index (χ1v) is 8.51. The summed E-state index contributed by atoms with van der Waals surface area (Å²) in [6.45, 7) is 3.90. The average Bonchev–Trinajstić information content (AvgIpc) is 3.30. The lowest BCUT2D eigenvalue weighted by atomic mass is 10.2. The van der Waals surface area contributed by atoms with Crippen LogP contribution in [0.15, 0.2) is 47.6 Å². The van der Waals surface area contributed by atoms with E-state index in [0.717, 1.165) is 22.3 Å². The summed E-state index contributed by atoms with van der Waals surface area (Å²) in [4.78, 5) is 29.6. The third kappa shape index (κ3) is 3.29. The molecule has 4 rings (SSSR count). The van der Waals surface area contributed by atoms with Gasteiger partial charge in [0.25, 0.3) is 5.91 Å². The lowest BCUT2D eigenvalue weighted by molar-refractivity contribution is 0.102. The third-order valence-electron chi connectivity index (χ3n) is 4.14. The number of fused-ring (bicyclic) bond motifs is 1. The lowest BCUT2D eigenvalue weighted by Gasteiger charge is -2.06. The predicted molar refractivity (Wildman–Crippen MR) is 100 cm³/mol. The van der Waals surface area contributed by atoms with E-state index < -0.39 is 0 Å². The number of aromatic nitrogens is 5. The predicted octanol–water partition coefficient (Wildman–Crippen LogP) is 3.39. The minimum atomic E-state index is -0.375. The monoisotopic (exact) mass is 362 g/mol. The number of rotatable bonds is 4. The van der Waals surface area contributed by atoms with Gasteiger partial charge in [0.05, 0.1) is 29.4 Å². The summed E-state index contributed by atoms with van der Waals surface area (Å²) in [6, 6.07) is 5.59. The fourth-order valence-electron chi connectivity index (χ4n) is 2.67. The van der Waals surface area contributed by atoms with E-state index in [-0.39, 0.29) is 17.5 Å². The molecular weight excluding hydrogens is 344 g/mol. The molecule has 0 unspecified atom stereocenters. The number of carbonyl (C=O) groups excluding carboxylic acids is 1. The Morgan fingerprint density at radius 1 is 1.22 bits per heavy atom. The Kier molecular flexibility index (Phi) is 4.15. The van der Waals surface area contributed by atoms with E-state index in [1.165, 1.54) is 6.26 Å². The van der Waals surface area contributed by atoms with Crippen molar-refractivity contribution in [3.63, 3.8) is 0 Å². The summed E-state index contributed by atoms with van der Waals surface area (Å²) in [6.07, 6.45) is 6.51. The molecule has 0 aromatic carbocycles. The van der Waals surface area contributed by atoms with Crippen molar-refractivity contribution in [3.05, 3.63) is 54.8 Å². The quantitative estimate of drug-likeness (QED) is 0.597. The summed E-state index contributed by atoms with van der Waals surface area (Å²) in [5.41, 5.74) is 2.64. The van der Waals surface area contributed by atoms with E-state index in [2.05, 4.69) is 25.3 Å². The molecule has 0 aliphatic heterocycles. The maximum Gasteiger partial charge on any atom is 0.278 e. The molecule has 0 saturated heterocycles. The molecule has 4 heterocycles. The number of nitrogens with zero attached hydrogens (tertiary/aromatic N) is 5. The lowest BCUT2D eigenvalue weighted by Crippen LogP contribution is -2.13. The Balaban J connectivity index is 1.62. The van der Waals surface area contributed by atoms with Gasteiger partial charge in [-0.3, -0.25) is 4.79 Å². The number of aryl methyl sites for hydroxylation is 1. The molecular formula is C19H18N6O2. The van der Waals surface area contributed by atoms with Crippen molar-refractivity contribution in [2.45, 2.75) is 19.8 Å². The zero-order chi connectivity index (χ0) is 19.0. The molecule has 1 amide bonds. The van der Waals surface area contributed by atoms with E-state index in [1.54, 1.807) is 24.8 Å². The second-order valence-electron chi connectivity index (χ2n) is 6.53. The van der Waals surface area contributed by atoms with Gasteiger partial charge < -0.3 is 14.3 Å². The number of anilines is 1. The van der Waals surface area contributed by atoms with Crippen LogP contribution in [-0.4, -0.2) is 30.4 Å². The van der Waals surface area contributed by atoms with Crippen LogP contribution in [0, 0.1) is 0 Å². The number of pyridine rings is 2. The molecule has 0 aliphatic rings. The summed E-state index contributed by atoms with van der Waals surface area (Å²) >= 11 is 0. The molecule has 136 valence electrons. The Hall–Kier alpha value is -3.55. The fraction of sp³-hybridized carbons (Fsp3) is 0.211. The van der Waals surface area contributed by atoms with Crippen molar-refractivity contribution < 1.29 is 9.21 Å². The summed E-state index contributed by atoms with van der Waals surface area (Å²) in [5.74, 6) is 0.658. The van der Waals surface area contributed by atoms with Crippen LogP contribution in [0.3, 0.4) is 0 Å². The standard InChI is InChI=1S/C19H18N6O2/c1-11(2)19-23-15(9-27-19)18(26)24-17-6-14-12(7-21-17)4-5-13(22-14)16-8-20-10-25(16)3/h4-11H,1-3H3,(H,21,24,26). The van der Waals surface area contributed by atoms with Gasteiger partial charge in [0, 0.05) is 30.6 Å². The highest BCUT2D eigenvalue weighted by Crippen LogP contribution is 2.22. The highest BCUT2D eigenvalue weighted by atomic mass is 16.3. The van der Waals surface area contributed by atoms with Gasteiger partial charge in [-0.25, -0.2) is 19.9 Å². The second-order valence-corrected chi connectivity index (χ2v) is 6.53. The van der Waals surface area contributed by atoms with Crippen molar-refractivity contribution in [1.82, 2.24) is 24.5 Å². The van der Waals surface area contributed by atoms with Gasteiger partial charge in [-0.05, 0) is 12.1 Å². The maximum atomic E-state index is 12.4. The van der Waals surface area contributed by atoms with Crippen molar-refractivity contribution in [3.8, 4) is 11.4 Å². The summed E-state index contributed by atoms with van der Waals surface area (Å²) in [7, 11) is 1.91. The van der Waals surface area contributed by atoms with Gasteiger partial charge >= 0.3 is 0 Å². The number of hydrogen-bond acceptors (Lipinski definition) is 6. The number of carbonyl (C=O) groups is 1. The van der Waals surface area contributed by atoms with E-state index in [0.29, 0.717) is 11.7 Å². The zero-order valence-corrected chi connectivity index (χ0v) is 15.2. The molecule has 0 bridgehead atoms. The topological polar surface area (TPSA) is 98.7 Å². The van der Waals surface area contributed by atoms with Gasteiger partial charge in [-0.2, -0.15) is 0 Å². The van der Waals surface area contributed by atoms with Crippen LogP contribution < -0.4 is 5.32 Å². The van der Waals surface area contributed by atoms with Crippen LogP contribution in [-0.2, 0) is 7.05 Å². The van der Waals surface area contributed by atoms with Gasteiger partial charge in [-0.1, -0.05) is 13.8 Å². The molecule has 0 radical (unpaired) electrons. The highest BCUT2D eigenvalue weighted by molar-refractivity contribution is 6.02. The number of oxazole rings is 1. The van der Waals surface area contributed by atoms with Crippen LogP contribution in [0.1, 0.15) is 36.1 Å². The molecule has 8 nitrogen and oxygen atoms in total. The normalized spacial score (nSPS) is 11.3. The minimum absolute atomic E-state index is 0.111. The van der Waals surface area contributed by atoms with E-state index in [1.807, 2.05) is 37.6 Å². The molecule has 4 aromatic rings. The first-order chi connectivity index (χ1) is 13.0. The van der Waals surface area contributed by atoms with Crippen molar-refractivity contribution >= 4 is 22.6 Å². The van der Waals surface area contributed by atoms with Crippen LogP contribution in [0.4, 0.5) is 5.82 Å². The van der Waals surface area contributed by atoms with Crippen LogP contribution in [0.2, 0.25) is 0 Å². The van der Waals surface area contributed by atoms with Crippen molar-refractivity contribution in [1.29, 1.82) is 0 Å². The van der Waals surface area contributed by atoms with E-state index in [4.69, 9.17) is 4.42 Å². The molecule has 4 aromatic heterocycles. The molecule has 0 spiro atoms. The Labute approximate surface area is 155 Å². The zero-order valence-electron chi connectivity index (χ0n) is 15.2. The van der Waals surface area contributed by atoms with Crippen molar-refractivity contribution in [2.75, 3.05) is 5.32 Å². The van der Waals surface area contributed by atoms with Gasteiger partial charge in [0.2, 0.25) is 0 Å². The summed E-state index contributed by atoms with van der Waals surface area (Å²) in [5, 5.41) is 3.62. The highest BCUT2D eigenvalue weighted by Gasteiger charge is 2.15. The van der Waals surface area contributed by atoms with Crippen LogP contribution in [0.25, 0.3) is 22.3 Å². The molecule has 8 heteroatoms. The number of hydrogen-bond donors (Lipinski definition) is 1. The Morgan fingerprint density at radius 3 is 2.78 bits per heavy atom. The molecule has 0 fully saturated rings. The molecule has 27 heavy (non-hydrogen) atoms. The molecule has 0 saturated carbocycles. The number of amides is 1. The third-order valence-corrected chi connectivity index (χ3v) is 4.14. The summed E-state index contributed by atoms with van der Waals surface area (Å²) < 4.78 is 7.21. The minimum Gasteiger partial charge on any atom is -0.448 e. The number of imidazole rings is 1. The van der Waals surface area contributed by atoms with E-state index in [9.17, 15) is 4.79 Å². The van der Waals surface area contributed by atoms with Crippen LogP contribution in [0.5, 0.6) is 0 Å². The smallest absolute Gasteiger partial charge is 0.278 e. The largest absolute Gasteiger partial charge is 0.448 e. The maximum absolute atomic E-state index is 12.4. The van der Waals surface area contributed by atoms with Gasteiger partial charge in [-0.15, -0.1) is 0 Å². The molecule has 0 aliphatic carbocycles. The second kappa shape index (κ2) is 6.64. The fourth-order valence-corrected chi connectivity index (χ4v) is 2.67. The number of nitrogens with one attached hydrogen (secondary N) is 1. The Morgan fingerprint density at radius 2 is 2.07 bits per heavy atom. The molecule has 1 N–H and O–H groups in total. The average molecular weight is 362 g/mol.